The molecule has 0 radical (unpaired) electrons. The minimum Gasteiger partial charge on any atom is -0.369 e. The molecule has 0 saturated heterocycles. The van der Waals surface area contributed by atoms with E-state index in [0.717, 1.165) is 5.56 Å². The summed E-state index contributed by atoms with van der Waals surface area (Å²) in [6.45, 7) is 0.262. The number of nitrogens with one attached hydrogen (secondary N) is 1. The van der Waals surface area contributed by atoms with Gasteiger partial charge in [0.1, 0.15) is 11.6 Å². The molecule has 1 atom stereocenters. The van der Waals surface area contributed by atoms with Gasteiger partial charge < -0.3 is 11.1 Å². The number of aromatic nitrogens is 1. The lowest BCUT2D eigenvalue weighted by Gasteiger charge is -2.15. The van der Waals surface area contributed by atoms with Gasteiger partial charge in [-0.2, -0.15) is 0 Å². The van der Waals surface area contributed by atoms with Crippen molar-refractivity contribution in [3.05, 3.63) is 76.1 Å². The molecule has 1 heterocycles. The first-order valence-corrected chi connectivity index (χ1v) is 8.25. The first-order valence-electron chi connectivity index (χ1n) is 8.25. The Balaban J connectivity index is 1.71. The van der Waals surface area contributed by atoms with E-state index in [1.807, 2.05) is 0 Å². The van der Waals surface area contributed by atoms with Gasteiger partial charge in [-0.25, -0.2) is 9.37 Å². The van der Waals surface area contributed by atoms with Crippen LogP contribution in [-0.4, -0.2) is 22.4 Å². The SMILES string of the molecule is NC(=O)C(CNc1ccc2cc([N+](=O)[O-])ccc2n1)Cc1ccc(F)cc1. The fourth-order valence-corrected chi connectivity index (χ4v) is 2.73. The monoisotopic (exact) mass is 368 g/mol. The lowest BCUT2D eigenvalue weighted by atomic mass is 9.98. The Labute approximate surface area is 154 Å². The van der Waals surface area contributed by atoms with Gasteiger partial charge in [0.2, 0.25) is 5.91 Å². The van der Waals surface area contributed by atoms with Gasteiger partial charge in [0.05, 0.1) is 16.4 Å². The highest BCUT2D eigenvalue weighted by Gasteiger charge is 2.16. The quantitative estimate of drug-likeness (QED) is 0.492. The van der Waals surface area contributed by atoms with Crippen molar-refractivity contribution in [3.8, 4) is 0 Å². The molecule has 1 unspecified atom stereocenters. The van der Waals surface area contributed by atoms with Crippen LogP contribution in [0.15, 0.2) is 54.6 Å². The van der Waals surface area contributed by atoms with Crippen LogP contribution in [-0.2, 0) is 11.2 Å². The number of nitrogens with zero attached hydrogens (tertiary/aromatic N) is 2. The van der Waals surface area contributed by atoms with Gasteiger partial charge in [-0.05, 0) is 42.3 Å². The van der Waals surface area contributed by atoms with Gasteiger partial charge in [0, 0.05) is 24.1 Å². The number of halogens is 1. The number of benzene rings is 2. The molecule has 1 amide bonds. The number of anilines is 1. The lowest BCUT2D eigenvalue weighted by Crippen LogP contribution is -2.31. The normalized spacial score (nSPS) is 11.9. The number of rotatable bonds is 7. The second kappa shape index (κ2) is 7.77. The number of hydrogen-bond acceptors (Lipinski definition) is 5. The standard InChI is InChI=1S/C19H17FN4O3/c20-15-4-1-12(2-5-15)9-14(19(21)25)11-22-18-8-3-13-10-16(24(26)27)6-7-17(13)23-18/h1-8,10,14H,9,11H2,(H2,21,25)(H,22,23). The number of carbonyl (C=O) groups is 1. The highest BCUT2D eigenvalue weighted by molar-refractivity contribution is 5.82. The molecule has 0 spiro atoms. The smallest absolute Gasteiger partial charge is 0.270 e. The minimum atomic E-state index is -0.496. The number of nitro benzene ring substituents is 1. The van der Waals surface area contributed by atoms with Crippen LogP contribution in [0.1, 0.15) is 5.56 Å². The number of pyridine rings is 1. The van der Waals surface area contributed by atoms with Crippen molar-refractivity contribution in [1.82, 2.24) is 4.98 Å². The Bertz CT molecular complexity index is 992. The maximum absolute atomic E-state index is 13.0. The van der Waals surface area contributed by atoms with E-state index in [9.17, 15) is 19.3 Å². The van der Waals surface area contributed by atoms with Crippen LogP contribution in [0.5, 0.6) is 0 Å². The van der Waals surface area contributed by atoms with Crippen molar-refractivity contribution in [2.24, 2.45) is 11.7 Å². The van der Waals surface area contributed by atoms with E-state index >= 15 is 0 Å². The number of fused-ring (bicyclic) bond motifs is 1. The molecule has 3 rings (SSSR count). The summed E-state index contributed by atoms with van der Waals surface area (Å²) in [6.07, 6.45) is 0.377. The van der Waals surface area contributed by atoms with Crippen molar-refractivity contribution in [2.45, 2.75) is 6.42 Å². The first-order chi connectivity index (χ1) is 12.9. The average Bonchev–Trinajstić information content (AvgIpc) is 2.65. The number of nitro groups is 1. The summed E-state index contributed by atoms with van der Waals surface area (Å²) < 4.78 is 13.0. The largest absolute Gasteiger partial charge is 0.369 e. The van der Waals surface area contributed by atoms with Crippen molar-refractivity contribution in [1.29, 1.82) is 0 Å². The van der Waals surface area contributed by atoms with Crippen LogP contribution < -0.4 is 11.1 Å². The predicted molar refractivity (Wildman–Crippen MR) is 99.7 cm³/mol. The van der Waals surface area contributed by atoms with Gasteiger partial charge in [-0.15, -0.1) is 0 Å². The average molecular weight is 368 g/mol. The second-order valence-electron chi connectivity index (χ2n) is 6.14. The summed E-state index contributed by atoms with van der Waals surface area (Å²) in [4.78, 5) is 26.5. The highest BCUT2D eigenvalue weighted by atomic mass is 19.1. The zero-order valence-electron chi connectivity index (χ0n) is 14.3. The van der Waals surface area contributed by atoms with Crippen molar-refractivity contribution >= 4 is 28.3 Å². The Kier molecular flexibility index (Phi) is 5.25. The summed E-state index contributed by atoms with van der Waals surface area (Å²) in [5.74, 6) is -0.775. The van der Waals surface area contributed by atoms with E-state index in [1.54, 1.807) is 30.3 Å². The lowest BCUT2D eigenvalue weighted by molar-refractivity contribution is -0.384. The fraction of sp³-hybridized carbons (Fsp3) is 0.158. The third kappa shape index (κ3) is 4.55. The number of nitrogens with two attached hydrogens (primary N) is 1. The van der Waals surface area contributed by atoms with Crippen LogP contribution in [0, 0.1) is 21.8 Å². The topological polar surface area (TPSA) is 111 Å². The number of amides is 1. The first kappa shape index (κ1) is 18.2. The molecule has 7 nitrogen and oxygen atoms in total. The third-order valence-corrected chi connectivity index (χ3v) is 4.21. The molecule has 0 aliphatic carbocycles. The maximum Gasteiger partial charge on any atom is 0.270 e. The van der Waals surface area contributed by atoms with E-state index < -0.39 is 16.7 Å². The summed E-state index contributed by atoms with van der Waals surface area (Å²) in [6, 6.07) is 13.7. The molecule has 0 bridgehead atoms. The van der Waals surface area contributed by atoms with E-state index in [-0.39, 0.29) is 18.0 Å². The van der Waals surface area contributed by atoms with E-state index in [4.69, 9.17) is 5.73 Å². The molecule has 8 heteroatoms. The fourth-order valence-electron chi connectivity index (χ4n) is 2.73. The Morgan fingerprint density at radius 1 is 1.19 bits per heavy atom. The van der Waals surface area contributed by atoms with Crippen molar-refractivity contribution in [3.63, 3.8) is 0 Å². The Morgan fingerprint density at radius 2 is 1.93 bits per heavy atom. The van der Waals surface area contributed by atoms with E-state index in [0.29, 0.717) is 23.1 Å². The van der Waals surface area contributed by atoms with Crippen molar-refractivity contribution < 1.29 is 14.1 Å². The van der Waals surface area contributed by atoms with Gasteiger partial charge in [0.15, 0.2) is 0 Å². The summed E-state index contributed by atoms with van der Waals surface area (Å²) >= 11 is 0. The molecule has 0 saturated carbocycles. The summed E-state index contributed by atoms with van der Waals surface area (Å²) in [5.41, 5.74) is 6.88. The Hall–Kier alpha value is -3.55. The number of non-ortho nitro benzene ring substituents is 1. The van der Waals surface area contributed by atoms with Crippen LogP contribution in [0.2, 0.25) is 0 Å². The molecule has 1 aromatic heterocycles. The van der Waals surface area contributed by atoms with Crippen LogP contribution in [0.3, 0.4) is 0 Å². The van der Waals surface area contributed by atoms with Crippen LogP contribution in [0.25, 0.3) is 10.9 Å². The molecular formula is C19H17FN4O3. The third-order valence-electron chi connectivity index (χ3n) is 4.21. The predicted octanol–water partition coefficient (Wildman–Crippen LogP) is 3.04. The van der Waals surface area contributed by atoms with Gasteiger partial charge in [-0.1, -0.05) is 12.1 Å². The maximum atomic E-state index is 13.0. The Morgan fingerprint density at radius 3 is 2.59 bits per heavy atom. The molecule has 138 valence electrons. The van der Waals surface area contributed by atoms with E-state index in [1.165, 1.54) is 24.3 Å². The molecule has 3 N–H and O–H groups in total. The highest BCUT2D eigenvalue weighted by Crippen LogP contribution is 2.21. The summed E-state index contributed by atoms with van der Waals surface area (Å²) in [5, 5.41) is 14.5. The molecule has 0 aliphatic rings. The molecule has 3 aromatic rings. The number of primary amides is 1. The van der Waals surface area contributed by atoms with Gasteiger partial charge >= 0.3 is 0 Å². The zero-order valence-corrected chi connectivity index (χ0v) is 14.3. The zero-order chi connectivity index (χ0) is 19.4. The molecule has 0 fully saturated rings. The van der Waals surface area contributed by atoms with Gasteiger partial charge in [0.25, 0.3) is 5.69 Å². The molecule has 2 aromatic carbocycles. The second-order valence-corrected chi connectivity index (χ2v) is 6.14. The van der Waals surface area contributed by atoms with Crippen LogP contribution >= 0.6 is 0 Å². The minimum absolute atomic E-state index is 0.00176. The van der Waals surface area contributed by atoms with Gasteiger partial charge in [-0.3, -0.25) is 14.9 Å². The van der Waals surface area contributed by atoms with E-state index in [2.05, 4.69) is 10.3 Å². The van der Waals surface area contributed by atoms with Crippen molar-refractivity contribution in [2.75, 3.05) is 11.9 Å². The molecular weight excluding hydrogens is 351 g/mol. The number of carbonyl (C=O) groups excluding carboxylic acids is 1. The summed E-state index contributed by atoms with van der Waals surface area (Å²) in [7, 11) is 0. The molecule has 27 heavy (non-hydrogen) atoms. The number of hydrogen-bond donors (Lipinski definition) is 2. The molecule has 0 aliphatic heterocycles. The van der Waals surface area contributed by atoms with Crippen LogP contribution in [0.4, 0.5) is 15.9 Å².